The predicted molar refractivity (Wildman–Crippen MR) is 116 cm³/mol. The summed E-state index contributed by atoms with van der Waals surface area (Å²) in [5, 5.41) is 7.11. The molecule has 9 heteroatoms. The number of benzene rings is 2. The number of para-hydroxylation sites is 1. The van der Waals surface area contributed by atoms with Gasteiger partial charge in [-0.1, -0.05) is 29.8 Å². The number of hydrogen-bond acceptors (Lipinski definition) is 6. The number of aryl methyl sites for hydroxylation is 1. The largest absolute Gasteiger partial charge is 0.493 e. The van der Waals surface area contributed by atoms with Crippen LogP contribution in [0.15, 0.2) is 48.5 Å². The molecule has 0 spiro atoms. The fraction of sp³-hybridized carbons (Fsp3) is 0.227. The molecule has 31 heavy (non-hydrogen) atoms. The lowest BCUT2D eigenvalue weighted by Gasteiger charge is -2.15. The van der Waals surface area contributed by atoms with Crippen LogP contribution in [0.1, 0.15) is 23.0 Å². The molecule has 0 aliphatic carbocycles. The molecule has 1 amide bonds. The third kappa shape index (κ3) is 4.80. The molecule has 1 heterocycles. The third-order valence-electron chi connectivity index (χ3n) is 4.51. The Hall–Kier alpha value is -3.52. The number of aromatic nitrogens is 2. The number of nitrogens with zero attached hydrogens (tertiary/aromatic N) is 2. The number of amides is 1. The maximum atomic E-state index is 12.7. The maximum absolute atomic E-state index is 12.7. The molecule has 0 saturated carbocycles. The second-order valence-corrected chi connectivity index (χ2v) is 6.96. The van der Waals surface area contributed by atoms with Crippen LogP contribution in [-0.2, 0) is 9.53 Å². The first-order valence-electron chi connectivity index (χ1n) is 9.40. The van der Waals surface area contributed by atoms with Crippen LogP contribution in [-0.4, -0.2) is 42.0 Å². The molecule has 3 aromatic rings. The van der Waals surface area contributed by atoms with Gasteiger partial charge in [0.05, 0.1) is 25.6 Å². The first-order valence-corrected chi connectivity index (χ1v) is 9.78. The molecule has 0 fully saturated rings. The summed E-state index contributed by atoms with van der Waals surface area (Å²) in [4.78, 5) is 25.2. The summed E-state index contributed by atoms with van der Waals surface area (Å²) in [7, 11) is 3.01. The molecule has 1 unspecified atom stereocenters. The Morgan fingerprint density at radius 1 is 1.06 bits per heavy atom. The normalized spacial score (nSPS) is 11.5. The number of ether oxygens (including phenoxy) is 3. The zero-order valence-electron chi connectivity index (χ0n) is 17.5. The van der Waals surface area contributed by atoms with E-state index in [2.05, 4.69) is 10.4 Å². The molecular formula is C22H22ClN3O5. The van der Waals surface area contributed by atoms with Crippen LogP contribution in [0.25, 0.3) is 5.69 Å². The summed E-state index contributed by atoms with van der Waals surface area (Å²) < 4.78 is 17.2. The highest BCUT2D eigenvalue weighted by atomic mass is 35.5. The lowest BCUT2D eigenvalue weighted by atomic mass is 10.2. The molecule has 162 valence electrons. The number of anilines is 1. The van der Waals surface area contributed by atoms with Crippen LogP contribution >= 0.6 is 11.6 Å². The van der Waals surface area contributed by atoms with E-state index >= 15 is 0 Å². The fourth-order valence-electron chi connectivity index (χ4n) is 2.90. The molecule has 0 aliphatic heterocycles. The van der Waals surface area contributed by atoms with Crippen LogP contribution < -0.4 is 14.8 Å². The van der Waals surface area contributed by atoms with E-state index in [1.807, 2.05) is 30.3 Å². The number of rotatable bonds is 7. The molecule has 2 aromatic carbocycles. The van der Waals surface area contributed by atoms with Crippen LogP contribution in [0.5, 0.6) is 11.5 Å². The van der Waals surface area contributed by atoms with Gasteiger partial charge in [-0.05, 0) is 38.1 Å². The van der Waals surface area contributed by atoms with E-state index in [4.69, 9.17) is 25.8 Å². The Labute approximate surface area is 184 Å². The standard InChI is InChI=1S/C22H22ClN3O5/c1-13-19(20(23)26(25-13)16-8-6-5-7-9-16)22(28)31-14(2)21(27)24-15-10-11-17(29-3)18(12-15)30-4/h5-12,14H,1-4H3,(H,24,27). The summed E-state index contributed by atoms with van der Waals surface area (Å²) in [6.07, 6.45) is -1.07. The molecule has 3 rings (SSSR count). The molecule has 0 bridgehead atoms. The van der Waals surface area contributed by atoms with E-state index in [1.165, 1.54) is 25.8 Å². The van der Waals surface area contributed by atoms with Crippen molar-refractivity contribution in [3.05, 3.63) is 64.9 Å². The lowest BCUT2D eigenvalue weighted by Crippen LogP contribution is -2.30. The van der Waals surface area contributed by atoms with Crippen molar-refractivity contribution in [2.24, 2.45) is 0 Å². The van der Waals surface area contributed by atoms with Crippen LogP contribution in [0.2, 0.25) is 5.15 Å². The average molecular weight is 444 g/mol. The van der Waals surface area contributed by atoms with Gasteiger partial charge in [0.1, 0.15) is 10.7 Å². The van der Waals surface area contributed by atoms with Gasteiger partial charge in [-0.2, -0.15) is 5.10 Å². The van der Waals surface area contributed by atoms with Crippen molar-refractivity contribution in [3.63, 3.8) is 0 Å². The Balaban J connectivity index is 1.72. The average Bonchev–Trinajstić information content (AvgIpc) is 3.08. The Bertz CT molecular complexity index is 1100. The summed E-state index contributed by atoms with van der Waals surface area (Å²) in [6.45, 7) is 3.12. The molecule has 0 radical (unpaired) electrons. The van der Waals surface area contributed by atoms with Crippen LogP contribution in [0.3, 0.4) is 0 Å². The highest BCUT2D eigenvalue weighted by Gasteiger charge is 2.26. The lowest BCUT2D eigenvalue weighted by molar-refractivity contribution is -0.123. The first-order chi connectivity index (χ1) is 14.8. The molecule has 1 N–H and O–H groups in total. The van der Waals surface area contributed by atoms with Crippen LogP contribution in [0.4, 0.5) is 5.69 Å². The van der Waals surface area contributed by atoms with Gasteiger partial charge in [-0.25, -0.2) is 9.48 Å². The van der Waals surface area contributed by atoms with E-state index in [0.717, 1.165) is 0 Å². The molecule has 0 saturated heterocycles. The minimum absolute atomic E-state index is 0.108. The Morgan fingerprint density at radius 2 is 1.74 bits per heavy atom. The maximum Gasteiger partial charge on any atom is 0.344 e. The zero-order chi connectivity index (χ0) is 22.5. The van der Waals surface area contributed by atoms with Gasteiger partial charge in [0.2, 0.25) is 0 Å². The monoisotopic (exact) mass is 443 g/mol. The second kappa shape index (κ2) is 9.53. The SMILES string of the molecule is COc1ccc(NC(=O)C(C)OC(=O)c2c(C)nn(-c3ccccc3)c2Cl)cc1OC. The van der Waals surface area contributed by atoms with E-state index < -0.39 is 18.0 Å². The topological polar surface area (TPSA) is 91.7 Å². The van der Waals surface area contributed by atoms with Gasteiger partial charge in [0.15, 0.2) is 17.6 Å². The molecule has 1 atom stereocenters. The van der Waals surface area contributed by atoms with Crippen molar-refractivity contribution in [1.82, 2.24) is 9.78 Å². The van der Waals surface area contributed by atoms with Crippen molar-refractivity contribution >= 4 is 29.2 Å². The second-order valence-electron chi connectivity index (χ2n) is 6.61. The highest BCUT2D eigenvalue weighted by molar-refractivity contribution is 6.33. The third-order valence-corrected chi connectivity index (χ3v) is 4.86. The summed E-state index contributed by atoms with van der Waals surface area (Å²) in [6, 6.07) is 14.1. The van der Waals surface area contributed by atoms with E-state index in [9.17, 15) is 9.59 Å². The van der Waals surface area contributed by atoms with Crippen molar-refractivity contribution in [2.45, 2.75) is 20.0 Å². The number of hydrogen-bond donors (Lipinski definition) is 1. The number of nitrogens with one attached hydrogen (secondary N) is 1. The van der Waals surface area contributed by atoms with E-state index in [-0.39, 0.29) is 10.7 Å². The van der Waals surface area contributed by atoms with Crippen molar-refractivity contribution in [2.75, 3.05) is 19.5 Å². The number of methoxy groups -OCH3 is 2. The summed E-state index contributed by atoms with van der Waals surface area (Å²) >= 11 is 6.39. The molecular weight excluding hydrogens is 422 g/mol. The van der Waals surface area contributed by atoms with Gasteiger partial charge in [-0.15, -0.1) is 0 Å². The number of halogens is 1. The van der Waals surface area contributed by atoms with Crippen molar-refractivity contribution < 1.29 is 23.8 Å². The highest BCUT2D eigenvalue weighted by Crippen LogP contribution is 2.30. The van der Waals surface area contributed by atoms with Gasteiger partial charge in [0.25, 0.3) is 5.91 Å². The smallest absolute Gasteiger partial charge is 0.344 e. The van der Waals surface area contributed by atoms with Gasteiger partial charge in [-0.3, -0.25) is 4.79 Å². The Morgan fingerprint density at radius 3 is 2.39 bits per heavy atom. The first kappa shape index (κ1) is 22.2. The predicted octanol–water partition coefficient (Wildman–Crippen LogP) is 4.04. The fourth-order valence-corrected chi connectivity index (χ4v) is 3.25. The minimum atomic E-state index is -1.07. The zero-order valence-corrected chi connectivity index (χ0v) is 18.3. The van der Waals surface area contributed by atoms with E-state index in [0.29, 0.717) is 28.6 Å². The van der Waals surface area contributed by atoms with Crippen molar-refractivity contribution in [3.8, 4) is 17.2 Å². The van der Waals surface area contributed by atoms with E-state index in [1.54, 1.807) is 25.1 Å². The number of carbonyl (C=O) groups is 2. The summed E-state index contributed by atoms with van der Waals surface area (Å²) in [5.74, 6) is -0.259. The van der Waals surface area contributed by atoms with Gasteiger partial charge >= 0.3 is 5.97 Å². The summed E-state index contributed by atoms with van der Waals surface area (Å²) in [5.41, 5.74) is 1.67. The number of esters is 1. The number of carbonyl (C=O) groups excluding carboxylic acids is 2. The Kier molecular flexibility index (Phi) is 6.81. The molecule has 0 aliphatic rings. The quantitative estimate of drug-likeness (QED) is 0.554. The molecule has 8 nitrogen and oxygen atoms in total. The minimum Gasteiger partial charge on any atom is -0.493 e. The molecule has 1 aromatic heterocycles. The van der Waals surface area contributed by atoms with Crippen molar-refractivity contribution in [1.29, 1.82) is 0 Å². The van der Waals surface area contributed by atoms with Gasteiger partial charge in [0, 0.05) is 11.8 Å². The van der Waals surface area contributed by atoms with Crippen LogP contribution in [0, 0.1) is 6.92 Å². The van der Waals surface area contributed by atoms with Gasteiger partial charge < -0.3 is 19.5 Å².